The van der Waals surface area contributed by atoms with Gasteiger partial charge in [-0.25, -0.2) is 9.78 Å². The van der Waals surface area contributed by atoms with Crippen molar-refractivity contribution in [1.29, 1.82) is 0 Å². The highest BCUT2D eigenvalue weighted by molar-refractivity contribution is 6.01. The van der Waals surface area contributed by atoms with E-state index in [0.29, 0.717) is 11.4 Å². The number of methoxy groups -OCH3 is 1. The van der Waals surface area contributed by atoms with E-state index in [1.807, 2.05) is 63.2 Å². The second kappa shape index (κ2) is 8.23. The van der Waals surface area contributed by atoms with Gasteiger partial charge in [0.25, 0.3) is 0 Å². The van der Waals surface area contributed by atoms with Crippen molar-refractivity contribution in [2.75, 3.05) is 7.11 Å². The minimum atomic E-state index is -0.558. The summed E-state index contributed by atoms with van der Waals surface area (Å²) in [4.78, 5) is 17.2. The van der Waals surface area contributed by atoms with E-state index in [0.717, 1.165) is 33.2 Å². The molecule has 1 aromatic heterocycles. The molecular formula is C27H25NO3. The molecule has 31 heavy (non-hydrogen) atoms. The normalized spacial score (nSPS) is 11.4. The van der Waals surface area contributed by atoms with Crippen LogP contribution >= 0.6 is 0 Å². The van der Waals surface area contributed by atoms with Gasteiger partial charge in [0.15, 0.2) is 0 Å². The Bertz CT molecular complexity index is 1240. The molecule has 0 aliphatic carbocycles. The van der Waals surface area contributed by atoms with Gasteiger partial charge in [-0.3, -0.25) is 0 Å². The van der Waals surface area contributed by atoms with Gasteiger partial charge in [-0.1, -0.05) is 48.5 Å². The molecule has 4 aromatic rings. The summed E-state index contributed by atoms with van der Waals surface area (Å²) in [7, 11) is 1.60. The predicted molar refractivity (Wildman–Crippen MR) is 124 cm³/mol. The Kier molecular flexibility index (Phi) is 5.47. The number of benzene rings is 3. The lowest BCUT2D eigenvalue weighted by molar-refractivity contribution is 0.00697. The number of nitrogens with zero attached hydrogens (tertiary/aromatic N) is 1. The summed E-state index contributed by atoms with van der Waals surface area (Å²) in [5, 5.41) is 0.870. The lowest BCUT2D eigenvalue weighted by Gasteiger charge is -2.19. The average molecular weight is 412 g/mol. The number of aromatic nitrogens is 1. The van der Waals surface area contributed by atoms with Crippen LogP contribution in [0.15, 0.2) is 78.9 Å². The van der Waals surface area contributed by atoms with Gasteiger partial charge >= 0.3 is 5.97 Å². The van der Waals surface area contributed by atoms with Crippen LogP contribution in [0.2, 0.25) is 0 Å². The van der Waals surface area contributed by atoms with E-state index >= 15 is 0 Å². The topological polar surface area (TPSA) is 48.4 Å². The molecule has 0 amide bonds. The molecule has 0 aliphatic heterocycles. The molecule has 0 unspecified atom stereocenters. The van der Waals surface area contributed by atoms with Crippen LogP contribution in [0.1, 0.15) is 31.1 Å². The van der Waals surface area contributed by atoms with Crippen LogP contribution in [-0.2, 0) is 4.74 Å². The molecular weight excluding hydrogens is 386 g/mol. The third kappa shape index (κ3) is 4.58. The van der Waals surface area contributed by atoms with Crippen molar-refractivity contribution in [1.82, 2.24) is 4.98 Å². The Morgan fingerprint density at radius 3 is 2.23 bits per heavy atom. The van der Waals surface area contributed by atoms with E-state index < -0.39 is 5.60 Å². The minimum absolute atomic E-state index is 0.353. The number of hydrogen-bond donors (Lipinski definition) is 0. The van der Waals surface area contributed by atoms with Gasteiger partial charge in [-0.2, -0.15) is 0 Å². The second-order valence-corrected chi connectivity index (χ2v) is 8.39. The van der Waals surface area contributed by atoms with Crippen LogP contribution in [0.4, 0.5) is 0 Å². The number of carbonyl (C=O) groups excluding carboxylic acids is 1. The molecule has 0 radical (unpaired) electrons. The van der Waals surface area contributed by atoms with E-state index in [1.54, 1.807) is 13.2 Å². The van der Waals surface area contributed by atoms with Crippen LogP contribution < -0.4 is 4.74 Å². The number of fused-ring (bicyclic) bond motifs is 1. The van der Waals surface area contributed by atoms with Crippen LogP contribution in [0.25, 0.3) is 33.2 Å². The summed E-state index contributed by atoms with van der Waals surface area (Å²) < 4.78 is 11.0. The number of carbonyl (C=O) groups is 1. The first-order valence-corrected chi connectivity index (χ1v) is 10.2. The maximum Gasteiger partial charge on any atom is 0.338 e. The van der Waals surface area contributed by atoms with Gasteiger partial charge in [0, 0.05) is 11.5 Å². The fourth-order valence-electron chi connectivity index (χ4n) is 3.51. The lowest BCUT2D eigenvalue weighted by atomic mass is 9.96. The van der Waals surface area contributed by atoms with E-state index in [9.17, 15) is 4.79 Å². The first-order valence-electron chi connectivity index (χ1n) is 10.2. The Hall–Kier alpha value is -3.66. The number of esters is 1. The van der Waals surface area contributed by atoms with Gasteiger partial charge in [0.1, 0.15) is 5.60 Å². The fraction of sp³-hybridized carbons (Fsp3) is 0.185. The van der Waals surface area contributed by atoms with Gasteiger partial charge in [-0.05, 0) is 67.3 Å². The van der Waals surface area contributed by atoms with Crippen LogP contribution in [0, 0.1) is 0 Å². The molecule has 0 bridgehead atoms. The summed E-state index contributed by atoms with van der Waals surface area (Å²) in [5.74, 6) is 0.173. The highest BCUT2D eigenvalue weighted by Crippen LogP contribution is 2.34. The SMILES string of the molecule is COc1cc(-c2cccc(-c3ccccc3)c2)c2cc(C(=O)OC(C)(C)C)ccc2n1. The zero-order chi connectivity index (χ0) is 22.0. The zero-order valence-corrected chi connectivity index (χ0v) is 18.2. The molecule has 1 heterocycles. The molecule has 156 valence electrons. The maximum absolute atomic E-state index is 12.6. The summed E-state index contributed by atoms with van der Waals surface area (Å²) in [5.41, 5.74) is 4.92. The Balaban J connectivity index is 1.86. The summed E-state index contributed by atoms with van der Waals surface area (Å²) in [6.45, 7) is 5.58. The predicted octanol–water partition coefficient (Wildman–Crippen LogP) is 6.53. The molecule has 4 rings (SSSR count). The molecule has 0 saturated carbocycles. The number of pyridine rings is 1. The van der Waals surface area contributed by atoms with Crippen molar-refractivity contribution >= 4 is 16.9 Å². The first kappa shape index (κ1) is 20.6. The quantitative estimate of drug-likeness (QED) is 0.358. The highest BCUT2D eigenvalue weighted by Gasteiger charge is 2.19. The number of rotatable bonds is 4. The third-order valence-corrected chi connectivity index (χ3v) is 4.91. The Morgan fingerprint density at radius 1 is 0.806 bits per heavy atom. The monoisotopic (exact) mass is 411 g/mol. The van der Waals surface area contributed by atoms with Crippen LogP contribution in [0.3, 0.4) is 0 Å². The van der Waals surface area contributed by atoms with Gasteiger partial charge in [0.2, 0.25) is 5.88 Å². The van der Waals surface area contributed by atoms with E-state index in [2.05, 4.69) is 35.3 Å². The first-order chi connectivity index (χ1) is 14.8. The summed E-state index contributed by atoms with van der Waals surface area (Å²) in [6, 6.07) is 25.9. The van der Waals surface area contributed by atoms with Crippen molar-refractivity contribution in [3.63, 3.8) is 0 Å². The van der Waals surface area contributed by atoms with Crippen molar-refractivity contribution in [3.8, 4) is 28.1 Å². The number of ether oxygens (including phenoxy) is 2. The van der Waals surface area contributed by atoms with E-state index in [4.69, 9.17) is 9.47 Å². The molecule has 0 fully saturated rings. The van der Waals surface area contributed by atoms with Gasteiger partial charge < -0.3 is 9.47 Å². The van der Waals surface area contributed by atoms with Crippen molar-refractivity contribution < 1.29 is 14.3 Å². The molecule has 4 heteroatoms. The smallest absolute Gasteiger partial charge is 0.338 e. The standard InChI is InChI=1S/C27H25NO3/c1-27(2,3)31-26(29)21-13-14-24-23(16-21)22(17-25(28-24)30-4)20-12-8-11-19(15-20)18-9-6-5-7-10-18/h5-17H,1-4H3. The van der Waals surface area contributed by atoms with Crippen molar-refractivity contribution in [2.24, 2.45) is 0 Å². The maximum atomic E-state index is 12.6. The molecule has 3 aromatic carbocycles. The number of hydrogen-bond acceptors (Lipinski definition) is 4. The second-order valence-electron chi connectivity index (χ2n) is 8.39. The minimum Gasteiger partial charge on any atom is -0.481 e. The molecule has 0 N–H and O–H groups in total. The van der Waals surface area contributed by atoms with E-state index in [1.165, 1.54) is 0 Å². The fourth-order valence-corrected chi connectivity index (χ4v) is 3.51. The highest BCUT2D eigenvalue weighted by atomic mass is 16.6. The summed E-state index contributed by atoms with van der Waals surface area (Å²) in [6.07, 6.45) is 0. The average Bonchev–Trinajstić information content (AvgIpc) is 2.77. The lowest BCUT2D eigenvalue weighted by Crippen LogP contribution is -2.23. The Labute approximate surface area is 182 Å². The van der Waals surface area contributed by atoms with E-state index in [-0.39, 0.29) is 5.97 Å². The molecule has 4 nitrogen and oxygen atoms in total. The molecule has 0 spiro atoms. The summed E-state index contributed by atoms with van der Waals surface area (Å²) >= 11 is 0. The Morgan fingerprint density at radius 2 is 1.52 bits per heavy atom. The molecule has 0 atom stereocenters. The zero-order valence-electron chi connectivity index (χ0n) is 18.2. The van der Waals surface area contributed by atoms with Crippen molar-refractivity contribution in [3.05, 3.63) is 84.4 Å². The van der Waals surface area contributed by atoms with Gasteiger partial charge in [0.05, 0.1) is 18.2 Å². The van der Waals surface area contributed by atoms with Gasteiger partial charge in [-0.15, -0.1) is 0 Å². The van der Waals surface area contributed by atoms with Crippen LogP contribution in [0.5, 0.6) is 5.88 Å². The van der Waals surface area contributed by atoms with Crippen molar-refractivity contribution in [2.45, 2.75) is 26.4 Å². The largest absolute Gasteiger partial charge is 0.481 e. The third-order valence-electron chi connectivity index (χ3n) is 4.91. The molecule has 0 saturated heterocycles. The molecule has 0 aliphatic rings. The van der Waals surface area contributed by atoms with Crippen LogP contribution in [-0.4, -0.2) is 23.7 Å².